The summed E-state index contributed by atoms with van der Waals surface area (Å²) in [6, 6.07) is 3.87. The molecule has 86 valence electrons. The molecule has 0 radical (unpaired) electrons. The van der Waals surface area contributed by atoms with Crippen molar-refractivity contribution in [2.75, 3.05) is 12.4 Å². The van der Waals surface area contributed by atoms with E-state index in [-0.39, 0.29) is 17.2 Å². The SMILES string of the molecule is COC(=O)Nc1ccc2c(c1)OC(F)(F)O2. The van der Waals surface area contributed by atoms with Gasteiger partial charge in [-0.2, -0.15) is 0 Å². The Bertz CT molecular complexity index is 436. The van der Waals surface area contributed by atoms with E-state index in [1.54, 1.807) is 0 Å². The van der Waals surface area contributed by atoms with Crippen LogP contribution in [0.5, 0.6) is 11.5 Å². The van der Waals surface area contributed by atoms with Crippen molar-refractivity contribution in [2.24, 2.45) is 0 Å². The minimum atomic E-state index is -3.66. The quantitative estimate of drug-likeness (QED) is 0.804. The number of fused-ring (bicyclic) bond motifs is 1. The number of hydrogen-bond donors (Lipinski definition) is 1. The van der Waals surface area contributed by atoms with E-state index in [0.717, 1.165) is 0 Å². The Morgan fingerprint density at radius 2 is 2.06 bits per heavy atom. The van der Waals surface area contributed by atoms with E-state index in [1.807, 2.05) is 0 Å². The molecule has 0 spiro atoms. The number of methoxy groups -OCH3 is 1. The van der Waals surface area contributed by atoms with Crippen molar-refractivity contribution in [1.29, 1.82) is 0 Å². The van der Waals surface area contributed by atoms with E-state index in [4.69, 9.17) is 0 Å². The van der Waals surface area contributed by atoms with Crippen molar-refractivity contribution in [3.05, 3.63) is 18.2 Å². The topological polar surface area (TPSA) is 56.8 Å². The molecule has 0 atom stereocenters. The van der Waals surface area contributed by atoms with Crippen LogP contribution >= 0.6 is 0 Å². The summed E-state index contributed by atoms with van der Waals surface area (Å²) in [6.07, 6.45) is -4.36. The van der Waals surface area contributed by atoms with Crippen LogP contribution in [0.4, 0.5) is 19.3 Å². The highest BCUT2D eigenvalue weighted by Gasteiger charge is 2.43. The number of carbonyl (C=O) groups is 1. The molecule has 5 nitrogen and oxygen atoms in total. The van der Waals surface area contributed by atoms with Gasteiger partial charge in [-0.1, -0.05) is 0 Å². The molecule has 2 rings (SSSR count). The van der Waals surface area contributed by atoms with Crippen molar-refractivity contribution in [3.63, 3.8) is 0 Å². The number of anilines is 1. The van der Waals surface area contributed by atoms with Crippen molar-refractivity contribution >= 4 is 11.8 Å². The number of rotatable bonds is 1. The second-order valence-electron chi connectivity index (χ2n) is 2.95. The minimum absolute atomic E-state index is 0.0829. The number of carbonyl (C=O) groups excluding carboxylic acids is 1. The molecule has 0 unspecified atom stereocenters. The number of halogens is 2. The second-order valence-corrected chi connectivity index (χ2v) is 2.95. The van der Waals surface area contributed by atoms with Crippen molar-refractivity contribution in [3.8, 4) is 11.5 Å². The van der Waals surface area contributed by atoms with E-state index >= 15 is 0 Å². The number of alkyl halides is 2. The molecule has 0 aliphatic carbocycles. The number of benzene rings is 1. The third-order valence-electron chi connectivity index (χ3n) is 1.83. The summed E-state index contributed by atoms with van der Waals surface area (Å²) in [7, 11) is 1.19. The van der Waals surface area contributed by atoms with Gasteiger partial charge < -0.3 is 14.2 Å². The normalized spacial score (nSPS) is 15.7. The largest absolute Gasteiger partial charge is 0.586 e. The molecule has 1 N–H and O–H groups in total. The lowest BCUT2D eigenvalue weighted by Crippen LogP contribution is -2.25. The molecule has 1 aromatic carbocycles. The van der Waals surface area contributed by atoms with Crippen LogP contribution in [0.25, 0.3) is 0 Å². The highest BCUT2D eigenvalue weighted by Crippen LogP contribution is 2.42. The molecular weight excluding hydrogens is 224 g/mol. The van der Waals surface area contributed by atoms with E-state index in [9.17, 15) is 13.6 Å². The summed E-state index contributed by atoms with van der Waals surface area (Å²) >= 11 is 0. The molecule has 0 aromatic heterocycles. The summed E-state index contributed by atoms with van der Waals surface area (Å²) in [6.45, 7) is 0. The lowest BCUT2D eigenvalue weighted by Gasteiger charge is -2.04. The maximum absolute atomic E-state index is 12.6. The number of nitrogens with one attached hydrogen (secondary N) is 1. The van der Waals surface area contributed by atoms with E-state index in [1.165, 1.54) is 25.3 Å². The fourth-order valence-corrected chi connectivity index (χ4v) is 1.20. The summed E-state index contributed by atoms with van der Waals surface area (Å²) in [5.41, 5.74) is 0.270. The van der Waals surface area contributed by atoms with Crippen LogP contribution in [0.1, 0.15) is 0 Å². The predicted octanol–water partition coefficient (Wildman–Crippen LogP) is 2.19. The zero-order valence-electron chi connectivity index (χ0n) is 8.12. The van der Waals surface area contributed by atoms with E-state index < -0.39 is 12.4 Å². The molecule has 1 aliphatic heterocycles. The first kappa shape index (κ1) is 10.5. The first-order chi connectivity index (χ1) is 7.50. The average Bonchev–Trinajstić information content (AvgIpc) is 2.51. The molecule has 1 aliphatic rings. The van der Waals surface area contributed by atoms with Crippen molar-refractivity contribution in [2.45, 2.75) is 6.29 Å². The maximum atomic E-state index is 12.6. The number of hydrogen-bond acceptors (Lipinski definition) is 4. The lowest BCUT2D eigenvalue weighted by atomic mass is 10.3. The first-order valence-corrected chi connectivity index (χ1v) is 4.25. The van der Waals surface area contributed by atoms with Crippen LogP contribution in [0.3, 0.4) is 0 Å². The fourth-order valence-electron chi connectivity index (χ4n) is 1.20. The standard InChI is InChI=1S/C9H7F2NO4/c1-14-8(13)12-5-2-3-6-7(4-5)16-9(10,11)15-6/h2-4H,1H3,(H,12,13). The Labute approximate surface area is 88.9 Å². The van der Waals surface area contributed by atoms with Crippen LogP contribution < -0.4 is 14.8 Å². The Morgan fingerprint density at radius 1 is 1.38 bits per heavy atom. The van der Waals surface area contributed by atoms with Gasteiger partial charge >= 0.3 is 12.4 Å². The Morgan fingerprint density at radius 3 is 2.75 bits per heavy atom. The van der Waals surface area contributed by atoms with Gasteiger partial charge in [0, 0.05) is 11.8 Å². The number of ether oxygens (including phenoxy) is 3. The van der Waals surface area contributed by atoms with Gasteiger partial charge in [0.25, 0.3) is 0 Å². The van der Waals surface area contributed by atoms with Gasteiger partial charge in [-0.25, -0.2) is 4.79 Å². The van der Waals surface area contributed by atoms with Crippen LogP contribution in [-0.4, -0.2) is 19.5 Å². The molecule has 1 heterocycles. The van der Waals surface area contributed by atoms with Crippen LogP contribution in [-0.2, 0) is 4.74 Å². The molecule has 1 aromatic rings. The van der Waals surface area contributed by atoms with Gasteiger partial charge in [-0.05, 0) is 12.1 Å². The Balaban J connectivity index is 2.19. The molecule has 0 saturated heterocycles. The highest BCUT2D eigenvalue weighted by atomic mass is 19.3. The maximum Gasteiger partial charge on any atom is 0.586 e. The molecule has 1 amide bonds. The smallest absolute Gasteiger partial charge is 0.453 e. The second kappa shape index (κ2) is 3.51. The zero-order valence-corrected chi connectivity index (χ0v) is 8.12. The highest BCUT2D eigenvalue weighted by molar-refractivity contribution is 5.85. The molecule has 16 heavy (non-hydrogen) atoms. The van der Waals surface area contributed by atoms with Gasteiger partial charge in [0.15, 0.2) is 11.5 Å². The predicted molar refractivity (Wildman–Crippen MR) is 48.7 cm³/mol. The van der Waals surface area contributed by atoms with Crippen LogP contribution in [0, 0.1) is 0 Å². The van der Waals surface area contributed by atoms with Crippen LogP contribution in [0.2, 0.25) is 0 Å². The van der Waals surface area contributed by atoms with E-state index in [2.05, 4.69) is 19.5 Å². The van der Waals surface area contributed by atoms with E-state index in [0.29, 0.717) is 0 Å². The first-order valence-electron chi connectivity index (χ1n) is 4.25. The monoisotopic (exact) mass is 231 g/mol. The lowest BCUT2D eigenvalue weighted by molar-refractivity contribution is -0.286. The summed E-state index contributed by atoms with van der Waals surface area (Å²) in [5.74, 6) is -0.223. The van der Waals surface area contributed by atoms with Gasteiger partial charge in [0.1, 0.15) is 0 Å². The van der Waals surface area contributed by atoms with Gasteiger partial charge in [0.2, 0.25) is 0 Å². The average molecular weight is 231 g/mol. The summed E-state index contributed by atoms with van der Waals surface area (Å²) < 4.78 is 38.0. The molecular formula is C9H7F2NO4. The Kier molecular flexibility index (Phi) is 2.30. The molecule has 0 saturated carbocycles. The summed E-state index contributed by atoms with van der Waals surface area (Å²) in [5, 5.41) is 2.31. The van der Waals surface area contributed by atoms with Gasteiger partial charge in [-0.3, -0.25) is 5.32 Å². The third kappa shape index (κ3) is 1.97. The van der Waals surface area contributed by atoms with Crippen molar-refractivity contribution in [1.82, 2.24) is 0 Å². The number of amides is 1. The summed E-state index contributed by atoms with van der Waals surface area (Å²) in [4.78, 5) is 10.9. The van der Waals surface area contributed by atoms with Crippen LogP contribution in [0.15, 0.2) is 18.2 Å². The van der Waals surface area contributed by atoms with Gasteiger partial charge in [0.05, 0.1) is 7.11 Å². The fraction of sp³-hybridized carbons (Fsp3) is 0.222. The van der Waals surface area contributed by atoms with Crippen molar-refractivity contribution < 1.29 is 27.8 Å². The molecule has 0 fully saturated rings. The third-order valence-corrected chi connectivity index (χ3v) is 1.83. The Hall–Kier alpha value is -2.05. The molecule has 0 bridgehead atoms. The molecule has 7 heteroatoms. The minimum Gasteiger partial charge on any atom is -0.453 e. The van der Waals surface area contributed by atoms with Gasteiger partial charge in [-0.15, -0.1) is 8.78 Å². The zero-order chi connectivity index (χ0) is 11.8.